The van der Waals surface area contributed by atoms with Gasteiger partial charge in [0.25, 0.3) is 11.7 Å². The highest BCUT2D eigenvalue weighted by Crippen LogP contribution is 2.40. The van der Waals surface area contributed by atoms with E-state index >= 15 is 0 Å². The molecule has 198 valence electrons. The minimum absolute atomic E-state index is 0.0659. The number of imidazole rings is 1. The number of aliphatic hydroxyl groups excluding tert-OH is 1. The van der Waals surface area contributed by atoms with Gasteiger partial charge < -0.3 is 19.3 Å². The molecule has 0 aliphatic carbocycles. The van der Waals surface area contributed by atoms with Crippen LogP contribution in [0.15, 0.2) is 97.1 Å². The van der Waals surface area contributed by atoms with Crippen molar-refractivity contribution in [3.8, 4) is 5.75 Å². The van der Waals surface area contributed by atoms with Gasteiger partial charge in [-0.3, -0.25) is 9.59 Å². The van der Waals surface area contributed by atoms with E-state index in [1.165, 1.54) is 23.1 Å². The number of ketones is 1. The molecule has 1 saturated heterocycles. The van der Waals surface area contributed by atoms with E-state index in [9.17, 15) is 19.1 Å². The van der Waals surface area contributed by atoms with Gasteiger partial charge in [-0.15, -0.1) is 0 Å². The van der Waals surface area contributed by atoms with Crippen LogP contribution in [0.25, 0.3) is 5.76 Å². The molecule has 3 aromatic carbocycles. The van der Waals surface area contributed by atoms with E-state index in [0.29, 0.717) is 36.4 Å². The highest BCUT2D eigenvalue weighted by atomic mass is 19.1. The van der Waals surface area contributed by atoms with Crippen LogP contribution in [0.5, 0.6) is 5.75 Å². The molecule has 8 heteroatoms. The summed E-state index contributed by atoms with van der Waals surface area (Å²) in [6.45, 7) is 2.88. The van der Waals surface area contributed by atoms with Gasteiger partial charge in [-0.2, -0.15) is 0 Å². The van der Waals surface area contributed by atoms with Crippen molar-refractivity contribution in [2.24, 2.45) is 0 Å². The van der Waals surface area contributed by atoms with E-state index in [1.54, 1.807) is 43.7 Å². The van der Waals surface area contributed by atoms with Crippen molar-refractivity contribution in [3.63, 3.8) is 0 Å². The van der Waals surface area contributed by atoms with E-state index < -0.39 is 29.3 Å². The Kier molecular flexibility index (Phi) is 7.54. The number of amides is 1. The van der Waals surface area contributed by atoms with Crippen molar-refractivity contribution in [3.05, 3.63) is 125 Å². The predicted molar refractivity (Wildman–Crippen MR) is 144 cm³/mol. The lowest BCUT2D eigenvalue weighted by Crippen LogP contribution is -2.31. The molecule has 2 heterocycles. The second kappa shape index (κ2) is 11.3. The zero-order valence-corrected chi connectivity index (χ0v) is 21.5. The number of ether oxygens (including phenoxy) is 1. The number of hydrogen-bond donors (Lipinski definition) is 1. The first-order valence-electron chi connectivity index (χ1n) is 12.7. The van der Waals surface area contributed by atoms with Crippen LogP contribution in [-0.2, 0) is 22.7 Å². The van der Waals surface area contributed by atoms with Crippen LogP contribution in [0, 0.1) is 12.7 Å². The molecule has 5 rings (SSSR count). The number of benzene rings is 3. The zero-order chi connectivity index (χ0) is 27.4. The highest BCUT2D eigenvalue weighted by molar-refractivity contribution is 6.46. The van der Waals surface area contributed by atoms with Gasteiger partial charge in [-0.25, -0.2) is 9.37 Å². The number of aliphatic hydroxyl groups is 1. The van der Waals surface area contributed by atoms with E-state index in [1.807, 2.05) is 41.1 Å². The summed E-state index contributed by atoms with van der Waals surface area (Å²) in [5, 5.41) is 11.2. The Balaban J connectivity index is 1.46. The monoisotopic (exact) mass is 525 g/mol. The molecule has 1 aliphatic rings. The molecule has 1 N–H and O–H groups in total. The van der Waals surface area contributed by atoms with Crippen molar-refractivity contribution in [2.75, 3.05) is 6.54 Å². The molecule has 1 aromatic heterocycles. The molecule has 4 aromatic rings. The third kappa shape index (κ3) is 5.60. The van der Waals surface area contributed by atoms with Gasteiger partial charge in [0, 0.05) is 31.0 Å². The molecule has 0 radical (unpaired) electrons. The Hall–Kier alpha value is -4.72. The van der Waals surface area contributed by atoms with E-state index in [4.69, 9.17) is 4.74 Å². The number of aryl methyl sites for hydroxylation is 2. The summed E-state index contributed by atoms with van der Waals surface area (Å²) in [6.07, 6.45) is 5.75. The predicted octanol–water partition coefficient (Wildman–Crippen LogP) is 5.42. The summed E-state index contributed by atoms with van der Waals surface area (Å²) in [4.78, 5) is 31.9. The van der Waals surface area contributed by atoms with Crippen LogP contribution in [0.4, 0.5) is 4.39 Å². The number of rotatable bonds is 9. The number of carbonyl (C=O) groups excluding carboxylic acids is 2. The fourth-order valence-corrected chi connectivity index (χ4v) is 4.68. The molecule has 7 nitrogen and oxygen atoms in total. The zero-order valence-electron chi connectivity index (χ0n) is 21.5. The topological polar surface area (TPSA) is 84.7 Å². The first-order valence-corrected chi connectivity index (χ1v) is 12.7. The molecule has 1 fully saturated rings. The Morgan fingerprint density at radius 3 is 2.49 bits per heavy atom. The summed E-state index contributed by atoms with van der Waals surface area (Å²) in [5.74, 6) is -1.79. The molecule has 39 heavy (non-hydrogen) atoms. The van der Waals surface area contributed by atoms with Gasteiger partial charge in [0.2, 0.25) is 0 Å². The quantitative estimate of drug-likeness (QED) is 0.179. The SMILES string of the molecule is Cc1ccc(C(O)=C2C(=O)C(=O)N(CCCn3ccnc3)[C@@H]2c2ccc(OCc3ccccc3)cc2)cc1F. The molecular formula is C31H28FN3O4. The number of hydrogen-bond acceptors (Lipinski definition) is 5. The van der Waals surface area contributed by atoms with Crippen molar-refractivity contribution in [2.45, 2.75) is 32.5 Å². The van der Waals surface area contributed by atoms with Gasteiger partial charge in [0.05, 0.1) is 17.9 Å². The van der Waals surface area contributed by atoms with Gasteiger partial charge in [0.1, 0.15) is 23.9 Å². The molecule has 0 bridgehead atoms. The molecule has 1 atom stereocenters. The van der Waals surface area contributed by atoms with Crippen LogP contribution < -0.4 is 4.74 Å². The number of Topliss-reactive ketones (excluding diaryl/α,β-unsaturated/α-hetero) is 1. The van der Waals surface area contributed by atoms with Gasteiger partial charge >= 0.3 is 0 Å². The van der Waals surface area contributed by atoms with Crippen molar-refractivity contribution < 1.29 is 23.8 Å². The minimum atomic E-state index is -0.833. The molecule has 1 aliphatic heterocycles. The lowest BCUT2D eigenvalue weighted by Gasteiger charge is -2.25. The van der Waals surface area contributed by atoms with E-state index in [2.05, 4.69) is 4.98 Å². The second-order valence-corrected chi connectivity index (χ2v) is 9.45. The van der Waals surface area contributed by atoms with Crippen molar-refractivity contribution in [1.82, 2.24) is 14.5 Å². The summed E-state index contributed by atoms with van der Waals surface area (Å²) < 4.78 is 22.1. The molecule has 0 spiro atoms. The summed E-state index contributed by atoms with van der Waals surface area (Å²) >= 11 is 0. The highest BCUT2D eigenvalue weighted by Gasteiger charge is 2.45. The molecule has 0 saturated carbocycles. The Labute approximate surface area is 225 Å². The molecule has 1 amide bonds. The van der Waals surface area contributed by atoms with Crippen LogP contribution in [0.2, 0.25) is 0 Å². The lowest BCUT2D eigenvalue weighted by atomic mass is 9.95. The van der Waals surface area contributed by atoms with Gasteiger partial charge in [-0.05, 0) is 48.2 Å². The lowest BCUT2D eigenvalue weighted by molar-refractivity contribution is -0.139. The number of aromatic nitrogens is 2. The maximum Gasteiger partial charge on any atom is 0.295 e. The summed E-state index contributed by atoms with van der Waals surface area (Å²) in [7, 11) is 0. The Morgan fingerprint density at radius 1 is 1.03 bits per heavy atom. The Morgan fingerprint density at radius 2 is 1.79 bits per heavy atom. The third-order valence-electron chi connectivity index (χ3n) is 6.80. The molecule has 0 unspecified atom stereocenters. The fourth-order valence-electron chi connectivity index (χ4n) is 4.68. The van der Waals surface area contributed by atoms with Gasteiger partial charge in [0.15, 0.2) is 0 Å². The standard InChI is InChI=1S/C31H28FN3O4/c1-21-8-9-24(18-26(21)32)29(36)27-28(35(31(38)30(27)37)16-5-15-34-17-14-33-20-34)23-10-12-25(13-11-23)39-19-22-6-3-2-4-7-22/h2-4,6-14,17-18,20,28,36H,5,15-16,19H2,1H3/t28-/m1/s1. The fraction of sp³-hybridized carbons (Fsp3) is 0.194. The molecular weight excluding hydrogens is 497 g/mol. The van der Waals surface area contributed by atoms with Crippen LogP contribution in [0.1, 0.15) is 34.7 Å². The largest absolute Gasteiger partial charge is 0.507 e. The second-order valence-electron chi connectivity index (χ2n) is 9.45. The first kappa shape index (κ1) is 25.9. The van der Waals surface area contributed by atoms with Gasteiger partial charge in [-0.1, -0.05) is 54.6 Å². The number of likely N-dealkylation sites (tertiary alicyclic amines) is 1. The maximum absolute atomic E-state index is 14.3. The summed E-state index contributed by atoms with van der Waals surface area (Å²) in [5.41, 5.74) is 2.15. The normalized spacial score (nSPS) is 16.6. The van der Waals surface area contributed by atoms with Crippen molar-refractivity contribution in [1.29, 1.82) is 0 Å². The van der Waals surface area contributed by atoms with E-state index in [0.717, 1.165) is 5.56 Å². The average Bonchev–Trinajstić information content (AvgIpc) is 3.56. The smallest absolute Gasteiger partial charge is 0.295 e. The Bertz CT molecular complexity index is 1500. The van der Waals surface area contributed by atoms with Crippen molar-refractivity contribution >= 4 is 17.4 Å². The number of carbonyl (C=O) groups is 2. The average molecular weight is 526 g/mol. The minimum Gasteiger partial charge on any atom is -0.507 e. The van der Waals surface area contributed by atoms with Crippen LogP contribution >= 0.6 is 0 Å². The van der Waals surface area contributed by atoms with Crippen LogP contribution in [-0.4, -0.2) is 37.8 Å². The maximum atomic E-state index is 14.3. The third-order valence-corrected chi connectivity index (χ3v) is 6.80. The number of halogens is 1. The first-order chi connectivity index (χ1) is 18.9. The number of nitrogens with zero attached hydrogens (tertiary/aromatic N) is 3. The van der Waals surface area contributed by atoms with E-state index in [-0.39, 0.29) is 17.7 Å². The summed E-state index contributed by atoms with van der Waals surface area (Å²) in [6, 6.07) is 20.3. The van der Waals surface area contributed by atoms with Crippen LogP contribution in [0.3, 0.4) is 0 Å².